The Kier molecular flexibility index (Phi) is 4.96. The zero-order valence-corrected chi connectivity index (χ0v) is 20.8. The zero-order chi connectivity index (χ0) is 23.5. The fraction of sp³-hybridized carbons (Fsp3) is 0.200. The highest BCUT2D eigenvalue weighted by molar-refractivity contribution is 7.26. The SMILES string of the molecule is CC1(C)OB(c2ccc(-c3ccccc3-c3cccc4c3sc3ccccc34)cc2)OC1(C)C. The van der Waals surface area contributed by atoms with Crippen molar-refractivity contribution < 1.29 is 9.31 Å². The maximum absolute atomic E-state index is 6.24. The second kappa shape index (κ2) is 7.81. The fourth-order valence-corrected chi connectivity index (χ4v) is 5.96. The van der Waals surface area contributed by atoms with E-state index in [-0.39, 0.29) is 18.3 Å². The standard InChI is InChI=1S/C30H27BO2S/c1-29(2)30(3,4)33-31(32-29)21-18-16-20(17-19-21)22-10-5-6-11-23(22)25-13-9-14-26-24-12-7-8-15-27(24)34-28(25)26/h5-19H,1-4H3. The lowest BCUT2D eigenvalue weighted by molar-refractivity contribution is 0.00578. The topological polar surface area (TPSA) is 18.5 Å². The van der Waals surface area contributed by atoms with Gasteiger partial charge in [0.2, 0.25) is 0 Å². The predicted molar refractivity (Wildman–Crippen MR) is 146 cm³/mol. The minimum absolute atomic E-state index is 0.341. The molecule has 0 aliphatic carbocycles. The van der Waals surface area contributed by atoms with Gasteiger partial charge in [0.05, 0.1) is 11.2 Å². The van der Waals surface area contributed by atoms with Crippen LogP contribution in [0.25, 0.3) is 42.4 Å². The molecule has 0 atom stereocenters. The summed E-state index contributed by atoms with van der Waals surface area (Å²) in [7, 11) is -0.346. The van der Waals surface area contributed by atoms with E-state index in [9.17, 15) is 0 Å². The van der Waals surface area contributed by atoms with Crippen molar-refractivity contribution in [1.82, 2.24) is 0 Å². The van der Waals surface area contributed by atoms with Gasteiger partial charge in [0, 0.05) is 25.7 Å². The molecule has 0 radical (unpaired) electrons. The average molecular weight is 462 g/mol. The molecule has 0 N–H and O–H groups in total. The van der Waals surface area contributed by atoms with Crippen molar-refractivity contribution in [2.75, 3.05) is 0 Å². The van der Waals surface area contributed by atoms with Crippen LogP contribution in [0, 0.1) is 0 Å². The van der Waals surface area contributed by atoms with E-state index in [1.54, 1.807) is 0 Å². The molecule has 1 aliphatic heterocycles. The van der Waals surface area contributed by atoms with Crippen LogP contribution in [0.1, 0.15) is 27.7 Å². The molecule has 6 rings (SSSR count). The molecule has 4 heteroatoms. The average Bonchev–Trinajstić information content (AvgIpc) is 3.32. The molecule has 2 heterocycles. The van der Waals surface area contributed by atoms with Crippen molar-refractivity contribution in [2.24, 2.45) is 0 Å². The molecule has 1 fully saturated rings. The molecule has 0 saturated carbocycles. The van der Waals surface area contributed by atoms with E-state index in [1.807, 2.05) is 11.3 Å². The van der Waals surface area contributed by atoms with Crippen LogP contribution in [0.4, 0.5) is 0 Å². The van der Waals surface area contributed by atoms with Gasteiger partial charge < -0.3 is 9.31 Å². The number of fused-ring (bicyclic) bond motifs is 3. The summed E-state index contributed by atoms with van der Waals surface area (Å²) < 4.78 is 15.2. The van der Waals surface area contributed by atoms with E-state index in [0.717, 1.165) is 5.46 Å². The van der Waals surface area contributed by atoms with Crippen LogP contribution < -0.4 is 5.46 Å². The minimum Gasteiger partial charge on any atom is -0.399 e. The van der Waals surface area contributed by atoms with E-state index >= 15 is 0 Å². The molecule has 0 spiro atoms. The van der Waals surface area contributed by atoms with E-state index in [4.69, 9.17) is 9.31 Å². The number of rotatable bonds is 3. The second-order valence-corrected chi connectivity index (χ2v) is 11.1. The van der Waals surface area contributed by atoms with Gasteiger partial charge in [0.15, 0.2) is 0 Å². The Labute approximate surface area is 205 Å². The number of hydrogen-bond donors (Lipinski definition) is 0. The molecule has 4 aromatic carbocycles. The molecule has 1 saturated heterocycles. The molecule has 0 unspecified atom stereocenters. The lowest BCUT2D eigenvalue weighted by atomic mass is 9.78. The summed E-state index contributed by atoms with van der Waals surface area (Å²) >= 11 is 1.87. The molecule has 5 aromatic rings. The van der Waals surface area contributed by atoms with Gasteiger partial charge in [0.25, 0.3) is 0 Å². The summed E-state index contributed by atoms with van der Waals surface area (Å²) in [5.41, 5.74) is 5.32. The Morgan fingerprint density at radius 3 is 1.91 bits per heavy atom. The summed E-state index contributed by atoms with van der Waals surface area (Å²) in [6.07, 6.45) is 0. The van der Waals surface area contributed by atoms with Gasteiger partial charge in [-0.2, -0.15) is 0 Å². The van der Waals surface area contributed by atoms with E-state index < -0.39 is 0 Å². The van der Waals surface area contributed by atoms with Crippen LogP contribution in [0.3, 0.4) is 0 Å². The Hall–Kier alpha value is -2.92. The van der Waals surface area contributed by atoms with Crippen molar-refractivity contribution in [3.8, 4) is 22.3 Å². The van der Waals surface area contributed by atoms with Crippen LogP contribution in [-0.2, 0) is 9.31 Å². The maximum atomic E-state index is 6.24. The highest BCUT2D eigenvalue weighted by atomic mass is 32.1. The molecular weight excluding hydrogens is 435 g/mol. The normalized spacial score (nSPS) is 17.0. The molecule has 0 amide bonds. The molecular formula is C30H27BO2S. The fourth-order valence-electron chi connectivity index (χ4n) is 4.73. The lowest BCUT2D eigenvalue weighted by Gasteiger charge is -2.32. The summed E-state index contributed by atoms with van der Waals surface area (Å²) in [4.78, 5) is 0. The maximum Gasteiger partial charge on any atom is 0.494 e. The Balaban J connectivity index is 1.41. The largest absolute Gasteiger partial charge is 0.494 e. The Morgan fingerprint density at radius 2 is 1.18 bits per heavy atom. The highest BCUT2D eigenvalue weighted by Crippen LogP contribution is 2.42. The van der Waals surface area contributed by atoms with Crippen LogP contribution >= 0.6 is 11.3 Å². The number of benzene rings is 4. The van der Waals surface area contributed by atoms with Crippen LogP contribution in [-0.4, -0.2) is 18.3 Å². The van der Waals surface area contributed by atoms with Crippen molar-refractivity contribution in [3.05, 3.63) is 91.0 Å². The zero-order valence-electron chi connectivity index (χ0n) is 20.0. The number of thiophene rings is 1. The summed E-state index contributed by atoms with van der Waals surface area (Å²) in [5, 5.41) is 2.65. The van der Waals surface area contributed by atoms with Gasteiger partial charge >= 0.3 is 7.12 Å². The van der Waals surface area contributed by atoms with Gasteiger partial charge in [0.1, 0.15) is 0 Å². The van der Waals surface area contributed by atoms with Crippen molar-refractivity contribution >= 4 is 44.1 Å². The first kappa shape index (κ1) is 21.6. The third-order valence-corrected chi connectivity index (χ3v) is 8.59. The second-order valence-electron chi connectivity index (χ2n) is 10.0. The van der Waals surface area contributed by atoms with Crippen LogP contribution in [0.15, 0.2) is 91.0 Å². The smallest absolute Gasteiger partial charge is 0.399 e. The molecule has 1 aromatic heterocycles. The van der Waals surface area contributed by atoms with E-state index in [1.165, 1.54) is 42.4 Å². The van der Waals surface area contributed by atoms with E-state index in [2.05, 4.69) is 119 Å². The first-order chi connectivity index (χ1) is 16.3. The minimum atomic E-state index is -0.346. The molecule has 168 valence electrons. The van der Waals surface area contributed by atoms with Gasteiger partial charge in [-0.05, 0) is 55.9 Å². The van der Waals surface area contributed by atoms with Crippen molar-refractivity contribution in [1.29, 1.82) is 0 Å². The Morgan fingerprint density at radius 1 is 0.588 bits per heavy atom. The summed E-state index contributed by atoms with van der Waals surface area (Å²) in [5.74, 6) is 0. The van der Waals surface area contributed by atoms with Crippen molar-refractivity contribution in [3.63, 3.8) is 0 Å². The van der Waals surface area contributed by atoms with Gasteiger partial charge in [-0.3, -0.25) is 0 Å². The third-order valence-electron chi connectivity index (χ3n) is 7.37. The molecule has 2 nitrogen and oxygen atoms in total. The third kappa shape index (κ3) is 3.40. The van der Waals surface area contributed by atoms with Gasteiger partial charge in [-0.1, -0.05) is 84.9 Å². The van der Waals surface area contributed by atoms with Crippen LogP contribution in [0.2, 0.25) is 0 Å². The van der Waals surface area contributed by atoms with Gasteiger partial charge in [-0.25, -0.2) is 0 Å². The number of hydrogen-bond acceptors (Lipinski definition) is 3. The van der Waals surface area contributed by atoms with Crippen molar-refractivity contribution in [2.45, 2.75) is 38.9 Å². The molecule has 34 heavy (non-hydrogen) atoms. The summed E-state index contributed by atoms with van der Waals surface area (Å²) in [6, 6.07) is 32.7. The monoisotopic (exact) mass is 462 g/mol. The first-order valence-corrected chi connectivity index (χ1v) is 12.6. The Bertz CT molecular complexity index is 1500. The lowest BCUT2D eigenvalue weighted by Crippen LogP contribution is -2.41. The highest BCUT2D eigenvalue weighted by Gasteiger charge is 2.51. The summed E-state index contributed by atoms with van der Waals surface area (Å²) in [6.45, 7) is 8.36. The van der Waals surface area contributed by atoms with E-state index in [0.29, 0.717) is 0 Å². The predicted octanol–water partition coefficient (Wildman–Crippen LogP) is 7.69. The van der Waals surface area contributed by atoms with Gasteiger partial charge in [-0.15, -0.1) is 11.3 Å². The molecule has 1 aliphatic rings. The first-order valence-electron chi connectivity index (χ1n) is 11.8. The quantitative estimate of drug-likeness (QED) is 0.256. The van der Waals surface area contributed by atoms with Crippen LogP contribution in [0.5, 0.6) is 0 Å². The molecule has 0 bridgehead atoms.